The highest BCUT2D eigenvalue weighted by atomic mass is 16.5. The molecule has 0 aliphatic heterocycles. The molecule has 5 heteroatoms. The van der Waals surface area contributed by atoms with Gasteiger partial charge in [0.2, 0.25) is 5.96 Å². The molecule has 100 valence electrons. The van der Waals surface area contributed by atoms with Crippen molar-refractivity contribution in [3.63, 3.8) is 0 Å². The van der Waals surface area contributed by atoms with Crippen LogP contribution in [-0.4, -0.2) is 43.7 Å². The molecule has 0 heterocycles. The Bertz CT molecular complexity index is 241. The fraction of sp³-hybridized carbons (Fsp3) is 0.917. The van der Waals surface area contributed by atoms with Gasteiger partial charge in [0.05, 0.1) is 0 Å². The van der Waals surface area contributed by atoms with Gasteiger partial charge in [-0.1, -0.05) is 0 Å². The second-order valence-corrected chi connectivity index (χ2v) is 4.59. The Labute approximate surface area is 104 Å². The number of hydrazine groups is 1. The molecule has 1 rings (SSSR count). The summed E-state index contributed by atoms with van der Waals surface area (Å²) in [4.78, 5) is 6.61. The molecule has 0 spiro atoms. The maximum absolute atomic E-state index is 5.52. The van der Waals surface area contributed by atoms with Crippen molar-refractivity contribution in [1.82, 2.24) is 10.3 Å². The molecule has 1 saturated carbocycles. The average molecular weight is 242 g/mol. The molecule has 0 aromatic rings. The number of nitrogens with zero attached hydrogens (tertiary/aromatic N) is 2. The molecule has 0 bridgehead atoms. The molecule has 0 aromatic heterocycles. The van der Waals surface area contributed by atoms with Crippen LogP contribution in [0.25, 0.3) is 0 Å². The van der Waals surface area contributed by atoms with Crippen LogP contribution in [0.3, 0.4) is 0 Å². The zero-order valence-electron chi connectivity index (χ0n) is 11.3. The van der Waals surface area contributed by atoms with E-state index in [-0.39, 0.29) is 0 Å². The van der Waals surface area contributed by atoms with Gasteiger partial charge in [-0.25, -0.2) is 5.84 Å². The highest BCUT2D eigenvalue weighted by molar-refractivity contribution is 5.79. The van der Waals surface area contributed by atoms with Crippen LogP contribution < -0.4 is 11.3 Å². The van der Waals surface area contributed by atoms with Crippen molar-refractivity contribution in [1.29, 1.82) is 0 Å². The second kappa shape index (κ2) is 7.50. The van der Waals surface area contributed by atoms with E-state index in [0.29, 0.717) is 6.04 Å². The van der Waals surface area contributed by atoms with Gasteiger partial charge >= 0.3 is 0 Å². The Balaban J connectivity index is 2.31. The topological polar surface area (TPSA) is 62.9 Å². The van der Waals surface area contributed by atoms with Gasteiger partial charge in [-0.15, -0.1) is 0 Å². The molecular weight excluding hydrogens is 216 g/mol. The van der Waals surface area contributed by atoms with Crippen LogP contribution in [0.4, 0.5) is 0 Å². The smallest absolute Gasteiger partial charge is 0.208 e. The van der Waals surface area contributed by atoms with Gasteiger partial charge in [-0.3, -0.25) is 10.4 Å². The number of nitrogens with one attached hydrogen (secondary N) is 1. The molecule has 1 fully saturated rings. The van der Waals surface area contributed by atoms with E-state index in [1.165, 1.54) is 12.8 Å². The van der Waals surface area contributed by atoms with E-state index >= 15 is 0 Å². The first-order chi connectivity index (χ1) is 8.20. The van der Waals surface area contributed by atoms with Gasteiger partial charge < -0.3 is 9.64 Å². The lowest BCUT2D eigenvalue weighted by Gasteiger charge is -2.27. The molecule has 0 radical (unpaired) electrons. The summed E-state index contributed by atoms with van der Waals surface area (Å²) < 4.78 is 5.27. The van der Waals surface area contributed by atoms with Crippen molar-refractivity contribution in [2.45, 2.75) is 39.2 Å². The average Bonchev–Trinajstić information content (AvgIpc) is 3.16. The first kappa shape index (κ1) is 14.3. The largest absolute Gasteiger partial charge is 0.382 e. The van der Waals surface area contributed by atoms with Crippen molar-refractivity contribution in [2.24, 2.45) is 16.8 Å². The van der Waals surface area contributed by atoms with Crippen LogP contribution in [0.15, 0.2) is 4.99 Å². The van der Waals surface area contributed by atoms with Crippen LogP contribution >= 0.6 is 0 Å². The van der Waals surface area contributed by atoms with Crippen molar-refractivity contribution >= 4 is 5.96 Å². The van der Waals surface area contributed by atoms with Crippen LogP contribution in [0.2, 0.25) is 0 Å². The number of hydrogen-bond acceptors (Lipinski definition) is 3. The lowest BCUT2D eigenvalue weighted by molar-refractivity contribution is 0.146. The molecular formula is C12H26N4O. The first-order valence-corrected chi connectivity index (χ1v) is 6.52. The van der Waals surface area contributed by atoms with E-state index in [9.17, 15) is 0 Å². The monoisotopic (exact) mass is 242 g/mol. The molecule has 3 N–H and O–H groups in total. The highest BCUT2D eigenvalue weighted by Gasteiger charge is 2.31. The molecule has 0 amide bonds. The van der Waals surface area contributed by atoms with Gasteiger partial charge in [-0.05, 0) is 39.0 Å². The minimum Gasteiger partial charge on any atom is -0.382 e. The predicted octanol–water partition coefficient (Wildman–Crippen LogP) is 0.963. The summed E-state index contributed by atoms with van der Waals surface area (Å²) in [7, 11) is 2.05. The number of aliphatic imine (C=N–C) groups is 1. The fourth-order valence-electron chi connectivity index (χ4n) is 1.84. The maximum Gasteiger partial charge on any atom is 0.208 e. The van der Waals surface area contributed by atoms with Gasteiger partial charge in [0, 0.05) is 32.8 Å². The number of rotatable bonds is 7. The predicted molar refractivity (Wildman–Crippen MR) is 70.7 cm³/mol. The third-order valence-electron chi connectivity index (χ3n) is 3.29. The van der Waals surface area contributed by atoms with Crippen LogP contribution in [0.1, 0.15) is 33.1 Å². The Kier molecular flexibility index (Phi) is 6.29. The molecule has 0 aromatic carbocycles. The zero-order valence-corrected chi connectivity index (χ0v) is 11.3. The van der Waals surface area contributed by atoms with Crippen molar-refractivity contribution in [2.75, 3.05) is 26.8 Å². The Morgan fingerprint density at radius 3 is 2.82 bits per heavy atom. The number of hydrogen-bond donors (Lipinski definition) is 2. The number of ether oxygens (including phenoxy) is 1. The third kappa shape index (κ3) is 4.91. The normalized spacial score (nSPS) is 18.0. The summed E-state index contributed by atoms with van der Waals surface area (Å²) in [6.07, 6.45) is 3.59. The molecule has 17 heavy (non-hydrogen) atoms. The summed E-state index contributed by atoms with van der Waals surface area (Å²) in [6, 6.07) is 0.511. The number of nitrogens with two attached hydrogens (primary N) is 1. The third-order valence-corrected chi connectivity index (χ3v) is 3.29. The fourth-order valence-corrected chi connectivity index (χ4v) is 1.84. The van der Waals surface area contributed by atoms with E-state index in [2.05, 4.69) is 22.2 Å². The van der Waals surface area contributed by atoms with E-state index in [4.69, 9.17) is 10.6 Å². The second-order valence-electron chi connectivity index (χ2n) is 4.59. The van der Waals surface area contributed by atoms with Gasteiger partial charge in [-0.2, -0.15) is 0 Å². The Morgan fingerprint density at radius 1 is 1.59 bits per heavy atom. The standard InChI is InChI=1S/C12H26N4O/c1-4-17-9-5-8-14-12(15-13)16(3)10(2)11-6-7-11/h10-11H,4-9,13H2,1-3H3,(H,14,15). The lowest BCUT2D eigenvalue weighted by Crippen LogP contribution is -2.47. The van der Waals surface area contributed by atoms with Crippen LogP contribution in [0, 0.1) is 5.92 Å². The number of guanidine groups is 1. The summed E-state index contributed by atoms with van der Waals surface area (Å²) in [5.74, 6) is 7.11. The van der Waals surface area contributed by atoms with Gasteiger partial charge in [0.25, 0.3) is 0 Å². The van der Waals surface area contributed by atoms with E-state index in [1.807, 2.05) is 14.0 Å². The van der Waals surface area contributed by atoms with E-state index in [0.717, 1.165) is 38.1 Å². The zero-order chi connectivity index (χ0) is 12.7. The van der Waals surface area contributed by atoms with Crippen LogP contribution in [-0.2, 0) is 4.74 Å². The molecule has 1 aliphatic rings. The lowest BCUT2D eigenvalue weighted by atomic mass is 10.2. The molecule has 1 unspecified atom stereocenters. The SMILES string of the molecule is CCOCCCN=C(NN)N(C)C(C)C1CC1. The Morgan fingerprint density at radius 2 is 2.29 bits per heavy atom. The van der Waals surface area contributed by atoms with Crippen molar-refractivity contribution in [3.05, 3.63) is 0 Å². The van der Waals surface area contributed by atoms with Gasteiger partial charge in [0.1, 0.15) is 0 Å². The van der Waals surface area contributed by atoms with Crippen molar-refractivity contribution in [3.8, 4) is 0 Å². The minimum atomic E-state index is 0.511. The summed E-state index contributed by atoms with van der Waals surface area (Å²) in [5.41, 5.74) is 2.69. The van der Waals surface area contributed by atoms with Crippen LogP contribution in [0.5, 0.6) is 0 Å². The Hall–Kier alpha value is -0.810. The summed E-state index contributed by atoms with van der Waals surface area (Å²) in [6.45, 7) is 6.51. The minimum absolute atomic E-state index is 0.511. The molecule has 5 nitrogen and oxygen atoms in total. The van der Waals surface area contributed by atoms with E-state index in [1.54, 1.807) is 0 Å². The first-order valence-electron chi connectivity index (χ1n) is 6.52. The molecule has 1 atom stereocenters. The molecule has 0 saturated heterocycles. The van der Waals surface area contributed by atoms with E-state index < -0.39 is 0 Å². The van der Waals surface area contributed by atoms with Crippen molar-refractivity contribution < 1.29 is 4.74 Å². The summed E-state index contributed by atoms with van der Waals surface area (Å²) in [5, 5.41) is 0. The maximum atomic E-state index is 5.52. The highest BCUT2D eigenvalue weighted by Crippen LogP contribution is 2.34. The van der Waals surface area contributed by atoms with Gasteiger partial charge in [0.15, 0.2) is 0 Å². The quantitative estimate of drug-likeness (QED) is 0.229. The summed E-state index contributed by atoms with van der Waals surface area (Å²) >= 11 is 0. The molecule has 1 aliphatic carbocycles.